The number of hydrogen-bond acceptors (Lipinski definition) is 3. The fourth-order valence-electron chi connectivity index (χ4n) is 1.85. The molecular formula is C14H26N2O4. The average molecular weight is 286 g/mol. The number of carbonyl (C=O) groups is 3. The predicted octanol–water partition coefficient (Wildman–Crippen LogP) is 2.09. The van der Waals surface area contributed by atoms with E-state index in [0.29, 0.717) is 12.5 Å². The third-order valence-corrected chi connectivity index (χ3v) is 2.75. The number of amides is 3. The number of nitrogens with zero attached hydrogens (tertiary/aromatic N) is 1. The Bertz CT molecular complexity index is 353. The molecular weight excluding hydrogens is 260 g/mol. The van der Waals surface area contributed by atoms with Crippen LogP contribution >= 0.6 is 0 Å². The third-order valence-electron chi connectivity index (χ3n) is 2.75. The molecule has 0 fully saturated rings. The van der Waals surface area contributed by atoms with E-state index in [1.54, 1.807) is 11.8 Å². The first kappa shape index (κ1) is 18.4. The van der Waals surface area contributed by atoms with Crippen LogP contribution in [0.4, 0.5) is 4.79 Å². The minimum absolute atomic E-state index is 0.00152. The van der Waals surface area contributed by atoms with Crippen molar-refractivity contribution in [2.45, 2.75) is 53.5 Å². The SMILES string of the molecule is CC(C)CN(C(=O)NC(=O)CC(C)CC(=O)O)C(C)C. The van der Waals surface area contributed by atoms with Crippen molar-refractivity contribution >= 4 is 17.9 Å². The Labute approximate surface area is 120 Å². The molecule has 116 valence electrons. The molecule has 0 aromatic carbocycles. The number of nitrogens with one attached hydrogen (secondary N) is 1. The van der Waals surface area contributed by atoms with Gasteiger partial charge in [-0.05, 0) is 25.7 Å². The smallest absolute Gasteiger partial charge is 0.324 e. The quantitative estimate of drug-likeness (QED) is 0.750. The summed E-state index contributed by atoms with van der Waals surface area (Å²) >= 11 is 0. The Morgan fingerprint density at radius 3 is 2.00 bits per heavy atom. The van der Waals surface area contributed by atoms with E-state index in [-0.39, 0.29) is 24.8 Å². The second kappa shape index (κ2) is 8.55. The van der Waals surface area contributed by atoms with E-state index in [9.17, 15) is 14.4 Å². The monoisotopic (exact) mass is 286 g/mol. The van der Waals surface area contributed by atoms with Crippen LogP contribution in [0.15, 0.2) is 0 Å². The number of hydrogen-bond donors (Lipinski definition) is 2. The Balaban J connectivity index is 4.41. The number of carbonyl (C=O) groups excluding carboxylic acids is 2. The summed E-state index contributed by atoms with van der Waals surface area (Å²) in [6, 6.07) is -0.414. The molecule has 3 amide bonds. The zero-order chi connectivity index (χ0) is 15.9. The van der Waals surface area contributed by atoms with Crippen LogP contribution < -0.4 is 5.32 Å². The zero-order valence-electron chi connectivity index (χ0n) is 13.0. The molecule has 6 heteroatoms. The van der Waals surface area contributed by atoms with Crippen LogP contribution in [-0.4, -0.2) is 40.5 Å². The van der Waals surface area contributed by atoms with Gasteiger partial charge in [0, 0.05) is 25.4 Å². The number of urea groups is 1. The normalized spacial score (nSPS) is 12.3. The van der Waals surface area contributed by atoms with Gasteiger partial charge in [0.05, 0.1) is 0 Å². The first-order valence-corrected chi connectivity index (χ1v) is 6.95. The number of carboxylic acid groups (broad SMARTS) is 1. The summed E-state index contributed by atoms with van der Waals surface area (Å²) in [6.45, 7) is 10.0. The van der Waals surface area contributed by atoms with E-state index in [1.165, 1.54) is 0 Å². The second-order valence-corrected chi connectivity index (χ2v) is 5.90. The Kier molecular flexibility index (Phi) is 7.87. The van der Waals surface area contributed by atoms with Crippen molar-refractivity contribution in [1.29, 1.82) is 0 Å². The Morgan fingerprint density at radius 1 is 1.05 bits per heavy atom. The molecule has 0 aromatic heterocycles. The predicted molar refractivity (Wildman–Crippen MR) is 76.3 cm³/mol. The van der Waals surface area contributed by atoms with Gasteiger partial charge in [0.25, 0.3) is 0 Å². The summed E-state index contributed by atoms with van der Waals surface area (Å²) in [5.74, 6) is -1.36. The summed E-state index contributed by atoms with van der Waals surface area (Å²) in [5.41, 5.74) is 0. The molecule has 0 aliphatic heterocycles. The highest BCUT2D eigenvalue weighted by atomic mass is 16.4. The highest BCUT2D eigenvalue weighted by molar-refractivity contribution is 5.94. The highest BCUT2D eigenvalue weighted by Gasteiger charge is 2.21. The van der Waals surface area contributed by atoms with Gasteiger partial charge in [-0.3, -0.25) is 14.9 Å². The standard InChI is InChI=1S/C14H26N2O4/c1-9(2)8-16(10(3)4)14(20)15-12(17)6-11(5)7-13(18)19/h9-11H,6-8H2,1-5H3,(H,18,19)(H,15,17,20). The van der Waals surface area contributed by atoms with E-state index in [0.717, 1.165) is 0 Å². The molecule has 0 aliphatic carbocycles. The average Bonchev–Trinajstić information content (AvgIpc) is 2.22. The molecule has 0 saturated heterocycles. The minimum atomic E-state index is -0.944. The lowest BCUT2D eigenvalue weighted by atomic mass is 10.0. The number of aliphatic carboxylic acids is 1. The van der Waals surface area contributed by atoms with Crippen LogP contribution in [0.25, 0.3) is 0 Å². The first-order chi connectivity index (χ1) is 9.13. The molecule has 20 heavy (non-hydrogen) atoms. The van der Waals surface area contributed by atoms with Gasteiger partial charge in [0.15, 0.2) is 0 Å². The molecule has 2 N–H and O–H groups in total. The van der Waals surface area contributed by atoms with Crippen molar-refractivity contribution in [2.75, 3.05) is 6.54 Å². The van der Waals surface area contributed by atoms with Gasteiger partial charge in [-0.2, -0.15) is 0 Å². The zero-order valence-corrected chi connectivity index (χ0v) is 13.0. The lowest BCUT2D eigenvalue weighted by Crippen LogP contribution is -2.47. The molecule has 0 radical (unpaired) electrons. The van der Waals surface area contributed by atoms with Gasteiger partial charge < -0.3 is 10.0 Å². The van der Waals surface area contributed by atoms with Crippen LogP contribution in [0.1, 0.15) is 47.5 Å². The summed E-state index contributed by atoms with van der Waals surface area (Å²) in [6.07, 6.45) is -0.0485. The maximum atomic E-state index is 12.0. The van der Waals surface area contributed by atoms with Gasteiger partial charge >= 0.3 is 12.0 Å². The van der Waals surface area contributed by atoms with Gasteiger partial charge in [-0.15, -0.1) is 0 Å². The molecule has 6 nitrogen and oxygen atoms in total. The van der Waals surface area contributed by atoms with E-state index >= 15 is 0 Å². The lowest BCUT2D eigenvalue weighted by molar-refractivity contribution is -0.138. The largest absolute Gasteiger partial charge is 0.481 e. The second-order valence-electron chi connectivity index (χ2n) is 5.90. The van der Waals surface area contributed by atoms with Crippen molar-refractivity contribution < 1.29 is 19.5 Å². The van der Waals surface area contributed by atoms with Crippen LogP contribution in [0.3, 0.4) is 0 Å². The molecule has 0 aliphatic rings. The van der Waals surface area contributed by atoms with Crippen LogP contribution in [0.2, 0.25) is 0 Å². The fraction of sp³-hybridized carbons (Fsp3) is 0.786. The van der Waals surface area contributed by atoms with Crippen LogP contribution in [-0.2, 0) is 9.59 Å². The van der Waals surface area contributed by atoms with E-state index in [4.69, 9.17) is 5.11 Å². The van der Waals surface area contributed by atoms with Crippen molar-refractivity contribution in [3.05, 3.63) is 0 Å². The van der Waals surface area contributed by atoms with Crippen molar-refractivity contribution in [3.63, 3.8) is 0 Å². The molecule has 0 aromatic rings. The Morgan fingerprint density at radius 2 is 1.60 bits per heavy atom. The van der Waals surface area contributed by atoms with Crippen LogP contribution in [0, 0.1) is 11.8 Å². The molecule has 1 unspecified atom stereocenters. The van der Waals surface area contributed by atoms with Gasteiger partial charge in [-0.1, -0.05) is 20.8 Å². The highest BCUT2D eigenvalue weighted by Crippen LogP contribution is 2.08. The van der Waals surface area contributed by atoms with Gasteiger partial charge in [-0.25, -0.2) is 4.79 Å². The van der Waals surface area contributed by atoms with Gasteiger partial charge in [0.2, 0.25) is 5.91 Å². The van der Waals surface area contributed by atoms with E-state index in [1.807, 2.05) is 27.7 Å². The van der Waals surface area contributed by atoms with E-state index < -0.39 is 17.9 Å². The van der Waals surface area contributed by atoms with Gasteiger partial charge in [0.1, 0.15) is 0 Å². The molecule has 0 heterocycles. The van der Waals surface area contributed by atoms with Crippen molar-refractivity contribution in [1.82, 2.24) is 10.2 Å². The Hall–Kier alpha value is -1.59. The number of imide groups is 1. The topological polar surface area (TPSA) is 86.7 Å². The maximum absolute atomic E-state index is 12.0. The molecule has 0 bridgehead atoms. The number of carboxylic acids is 1. The molecule has 0 spiro atoms. The van der Waals surface area contributed by atoms with Crippen molar-refractivity contribution in [3.8, 4) is 0 Å². The fourth-order valence-corrected chi connectivity index (χ4v) is 1.85. The molecule has 1 atom stereocenters. The van der Waals surface area contributed by atoms with E-state index in [2.05, 4.69) is 5.32 Å². The number of rotatable bonds is 7. The van der Waals surface area contributed by atoms with Crippen molar-refractivity contribution in [2.24, 2.45) is 11.8 Å². The van der Waals surface area contributed by atoms with Crippen LogP contribution in [0.5, 0.6) is 0 Å². The summed E-state index contributed by atoms with van der Waals surface area (Å²) in [5, 5.41) is 11.0. The lowest BCUT2D eigenvalue weighted by Gasteiger charge is -2.28. The summed E-state index contributed by atoms with van der Waals surface area (Å²) in [7, 11) is 0. The summed E-state index contributed by atoms with van der Waals surface area (Å²) in [4.78, 5) is 35.8. The minimum Gasteiger partial charge on any atom is -0.481 e. The first-order valence-electron chi connectivity index (χ1n) is 6.95. The summed E-state index contributed by atoms with van der Waals surface area (Å²) < 4.78 is 0. The molecule has 0 saturated carbocycles. The maximum Gasteiger partial charge on any atom is 0.324 e. The third kappa shape index (κ3) is 7.76. The molecule has 0 rings (SSSR count).